The Kier molecular flexibility index (Phi) is 5.00. The topological polar surface area (TPSA) is 49.4 Å². The van der Waals surface area contributed by atoms with Crippen molar-refractivity contribution in [1.82, 2.24) is 4.90 Å². The lowest BCUT2D eigenvalue weighted by atomic mass is 10.00. The van der Waals surface area contributed by atoms with Gasteiger partial charge in [0.15, 0.2) is 0 Å². The van der Waals surface area contributed by atoms with Gasteiger partial charge in [0.2, 0.25) is 11.8 Å². The van der Waals surface area contributed by atoms with Crippen LogP contribution in [0.4, 0.5) is 5.69 Å². The van der Waals surface area contributed by atoms with E-state index in [0.29, 0.717) is 18.8 Å². The van der Waals surface area contributed by atoms with Gasteiger partial charge in [0.1, 0.15) is 6.42 Å². The largest absolute Gasteiger partial charge is 0.338 e. The average Bonchev–Trinajstić information content (AvgIpc) is 2.57. The summed E-state index contributed by atoms with van der Waals surface area (Å²) >= 11 is 3.43. The Morgan fingerprint density at radius 2 is 1.92 bits per heavy atom. The van der Waals surface area contributed by atoms with E-state index < -0.39 is 0 Å². The average molecular weight is 387 g/mol. The third-order valence-electron chi connectivity index (χ3n) is 4.19. The van der Waals surface area contributed by atoms with Gasteiger partial charge >= 0.3 is 0 Å². The fourth-order valence-corrected chi connectivity index (χ4v) is 3.47. The second-order valence-corrected chi connectivity index (χ2v) is 6.90. The van der Waals surface area contributed by atoms with Crippen LogP contribution in [0.15, 0.2) is 46.9 Å². The van der Waals surface area contributed by atoms with E-state index in [-0.39, 0.29) is 18.2 Å². The van der Waals surface area contributed by atoms with Crippen LogP contribution in [0.3, 0.4) is 0 Å². The molecule has 0 aromatic heterocycles. The van der Waals surface area contributed by atoms with Crippen LogP contribution in [-0.4, -0.2) is 23.3 Å². The van der Waals surface area contributed by atoms with Gasteiger partial charge in [0, 0.05) is 17.6 Å². The maximum atomic E-state index is 12.4. The Hall–Kier alpha value is -2.14. The molecule has 2 amide bonds. The highest BCUT2D eigenvalue weighted by atomic mass is 79.9. The summed E-state index contributed by atoms with van der Waals surface area (Å²) in [5, 5.41) is 2.79. The number of anilines is 1. The number of hydrogen-bond acceptors (Lipinski definition) is 2. The van der Waals surface area contributed by atoms with Crippen LogP contribution in [0.5, 0.6) is 0 Å². The molecule has 1 aliphatic heterocycles. The normalized spacial score (nSPS) is 13.3. The van der Waals surface area contributed by atoms with Gasteiger partial charge < -0.3 is 10.2 Å². The molecule has 0 bridgehead atoms. The maximum Gasteiger partial charge on any atom is 0.233 e. The first-order valence-electron chi connectivity index (χ1n) is 7.93. The van der Waals surface area contributed by atoms with Gasteiger partial charge in [-0.2, -0.15) is 0 Å². The molecule has 4 nitrogen and oxygen atoms in total. The van der Waals surface area contributed by atoms with E-state index in [4.69, 9.17) is 0 Å². The minimum Gasteiger partial charge on any atom is -0.338 e. The molecular weight excluding hydrogens is 368 g/mol. The Morgan fingerprint density at radius 1 is 1.17 bits per heavy atom. The van der Waals surface area contributed by atoms with Gasteiger partial charge in [0.25, 0.3) is 0 Å². The highest BCUT2D eigenvalue weighted by Crippen LogP contribution is 2.24. The number of nitrogens with one attached hydrogen (secondary N) is 1. The second-order valence-electron chi connectivity index (χ2n) is 6.04. The summed E-state index contributed by atoms with van der Waals surface area (Å²) in [7, 11) is 0. The van der Waals surface area contributed by atoms with Gasteiger partial charge in [-0.3, -0.25) is 9.59 Å². The molecule has 5 heteroatoms. The predicted molar refractivity (Wildman–Crippen MR) is 97.7 cm³/mol. The molecule has 2 aromatic carbocycles. The summed E-state index contributed by atoms with van der Waals surface area (Å²) in [4.78, 5) is 26.3. The molecule has 0 radical (unpaired) electrons. The van der Waals surface area contributed by atoms with E-state index in [1.54, 1.807) is 4.90 Å². The van der Waals surface area contributed by atoms with Crippen LogP contribution < -0.4 is 5.32 Å². The van der Waals surface area contributed by atoms with Crippen molar-refractivity contribution in [3.8, 4) is 0 Å². The smallest absolute Gasteiger partial charge is 0.233 e. The number of carbonyl (C=O) groups excluding carboxylic acids is 2. The van der Waals surface area contributed by atoms with Crippen LogP contribution >= 0.6 is 15.9 Å². The number of fused-ring (bicyclic) bond motifs is 1. The van der Waals surface area contributed by atoms with Crippen LogP contribution in [-0.2, 0) is 22.6 Å². The van der Waals surface area contributed by atoms with Crippen molar-refractivity contribution in [1.29, 1.82) is 0 Å². The molecule has 0 unspecified atom stereocenters. The van der Waals surface area contributed by atoms with Crippen LogP contribution in [0.25, 0.3) is 0 Å². The predicted octanol–water partition coefficient (Wildman–Crippen LogP) is 3.67. The van der Waals surface area contributed by atoms with Crippen molar-refractivity contribution in [2.45, 2.75) is 26.3 Å². The van der Waals surface area contributed by atoms with Crippen LogP contribution in [0, 0.1) is 6.92 Å². The zero-order valence-electron chi connectivity index (χ0n) is 13.5. The van der Waals surface area contributed by atoms with E-state index in [1.807, 2.05) is 43.3 Å². The lowest BCUT2D eigenvalue weighted by Crippen LogP contribution is -2.37. The number of benzene rings is 2. The number of amides is 2. The Morgan fingerprint density at radius 3 is 2.67 bits per heavy atom. The Bertz CT molecular complexity index is 789. The van der Waals surface area contributed by atoms with Crippen molar-refractivity contribution in [3.05, 3.63) is 63.6 Å². The van der Waals surface area contributed by atoms with Gasteiger partial charge in [-0.05, 0) is 58.1 Å². The van der Waals surface area contributed by atoms with E-state index in [0.717, 1.165) is 16.5 Å². The number of aryl methyl sites for hydroxylation is 1. The summed E-state index contributed by atoms with van der Waals surface area (Å²) < 4.78 is 0.815. The number of hydrogen-bond donors (Lipinski definition) is 1. The molecule has 24 heavy (non-hydrogen) atoms. The number of rotatable bonds is 3. The summed E-state index contributed by atoms with van der Waals surface area (Å²) in [5.41, 5.74) is 4.23. The SMILES string of the molecule is Cc1ccc(NC(=O)CC(=O)N2CCc3ccccc3C2)c(Br)c1. The van der Waals surface area contributed by atoms with Crippen molar-refractivity contribution >= 4 is 33.4 Å². The summed E-state index contributed by atoms with van der Waals surface area (Å²) in [6.45, 7) is 3.22. The van der Waals surface area contributed by atoms with Gasteiger partial charge in [-0.25, -0.2) is 0 Å². The molecule has 0 atom stereocenters. The number of halogens is 1. The second kappa shape index (κ2) is 7.18. The minimum atomic E-state index is -0.289. The standard InChI is InChI=1S/C19H19BrN2O2/c1-13-6-7-17(16(20)10-13)21-18(23)11-19(24)22-9-8-14-4-2-3-5-15(14)12-22/h2-7,10H,8-9,11-12H2,1H3,(H,21,23). The first-order valence-corrected chi connectivity index (χ1v) is 8.73. The molecule has 0 spiro atoms. The summed E-state index contributed by atoms with van der Waals surface area (Å²) in [6, 6.07) is 13.8. The molecule has 0 saturated heterocycles. The van der Waals surface area contributed by atoms with Crippen LogP contribution in [0.2, 0.25) is 0 Å². The molecule has 0 fully saturated rings. The quantitative estimate of drug-likeness (QED) is 0.818. The molecule has 0 saturated carbocycles. The molecule has 1 heterocycles. The zero-order valence-corrected chi connectivity index (χ0v) is 15.1. The molecule has 0 aliphatic carbocycles. The van der Waals surface area contributed by atoms with Crippen LogP contribution in [0.1, 0.15) is 23.1 Å². The highest BCUT2D eigenvalue weighted by molar-refractivity contribution is 9.10. The van der Waals surface area contributed by atoms with E-state index >= 15 is 0 Å². The molecule has 2 aromatic rings. The van der Waals surface area contributed by atoms with Crippen molar-refractivity contribution in [3.63, 3.8) is 0 Å². The number of nitrogens with zero attached hydrogens (tertiary/aromatic N) is 1. The summed E-state index contributed by atoms with van der Waals surface area (Å²) in [5.74, 6) is -0.423. The molecule has 1 N–H and O–H groups in total. The van der Waals surface area contributed by atoms with Gasteiger partial charge in [-0.15, -0.1) is 0 Å². The fourth-order valence-electron chi connectivity index (χ4n) is 2.87. The van der Waals surface area contributed by atoms with Crippen molar-refractivity contribution < 1.29 is 9.59 Å². The minimum absolute atomic E-state index is 0.134. The molecule has 1 aliphatic rings. The third kappa shape index (κ3) is 3.85. The Labute approximate surface area is 150 Å². The Balaban J connectivity index is 1.60. The molecular formula is C19H19BrN2O2. The van der Waals surface area contributed by atoms with Gasteiger partial charge in [0.05, 0.1) is 5.69 Å². The van der Waals surface area contributed by atoms with Crippen molar-refractivity contribution in [2.75, 3.05) is 11.9 Å². The fraction of sp³-hybridized carbons (Fsp3) is 0.263. The van der Waals surface area contributed by atoms with E-state index in [2.05, 4.69) is 27.3 Å². The number of carbonyl (C=O) groups is 2. The summed E-state index contributed by atoms with van der Waals surface area (Å²) in [6.07, 6.45) is 0.704. The lowest BCUT2D eigenvalue weighted by molar-refractivity contribution is -0.135. The van der Waals surface area contributed by atoms with E-state index in [1.165, 1.54) is 11.1 Å². The monoisotopic (exact) mass is 386 g/mol. The first-order chi connectivity index (χ1) is 11.5. The van der Waals surface area contributed by atoms with E-state index in [9.17, 15) is 9.59 Å². The molecule has 3 rings (SSSR count). The highest BCUT2D eigenvalue weighted by Gasteiger charge is 2.22. The first kappa shape index (κ1) is 16.7. The zero-order chi connectivity index (χ0) is 17.1. The van der Waals surface area contributed by atoms with Crippen molar-refractivity contribution in [2.24, 2.45) is 0 Å². The lowest BCUT2D eigenvalue weighted by Gasteiger charge is -2.28. The molecule has 124 valence electrons. The third-order valence-corrected chi connectivity index (χ3v) is 4.85. The van der Waals surface area contributed by atoms with Gasteiger partial charge in [-0.1, -0.05) is 30.3 Å². The maximum absolute atomic E-state index is 12.4.